The van der Waals surface area contributed by atoms with Gasteiger partial charge >= 0.3 is 0 Å². The lowest BCUT2D eigenvalue weighted by Gasteiger charge is -2.25. The van der Waals surface area contributed by atoms with E-state index in [4.69, 9.17) is 0 Å². The Bertz CT molecular complexity index is 238. The molecule has 0 amide bonds. The highest BCUT2D eigenvalue weighted by molar-refractivity contribution is 4.94. The first-order valence-corrected chi connectivity index (χ1v) is 8.90. The zero-order chi connectivity index (χ0) is 14.5. The molecule has 1 saturated carbocycles. The zero-order valence-corrected chi connectivity index (χ0v) is 14.5. The molecule has 1 aliphatic carbocycles. The van der Waals surface area contributed by atoms with Crippen molar-refractivity contribution >= 4 is 0 Å². The summed E-state index contributed by atoms with van der Waals surface area (Å²) in [5, 5.41) is 0. The molecule has 0 saturated heterocycles. The van der Waals surface area contributed by atoms with Gasteiger partial charge in [0, 0.05) is 0 Å². The van der Waals surface area contributed by atoms with Crippen LogP contribution >= 0.6 is 0 Å². The third kappa shape index (κ3) is 5.88. The minimum atomic E-state index is 0.685. The summed E-state index contributed by atoms with van der Waals surface area (Å²) >= 11 is 0. The molecule has 0 nitrogen and oxygen atoms in total. The fourth-order valence-electron chi connectivity index (χ4n) is 3.73. The largest absolute Gasteiger partial charge is 0.0654 e. The Labute approximate surface area is 122 Å². The summed E-state index contributed by atoms with van der Waals surface area (Å²) in [5.74, 6) is 3.87. The molecule has 0 bridgehead atoms. The lowest BCUT2D eigenvalue weighted by Crippen LogP contribution is -2.14. The van der Waals surface area contributed by atoms with Gasteiger partial charge in [-0.05, 0) is 48.3 Å². The van der Waals surface area contributed by atoms with Crippen LogP contribution < -0.4 is 0 Å². The first-order chi connectivity index (χ1) is 8.90. The second kappa shape index (κ2) is 7.70. The molecule has 0 heteroatoms. The smallest absolute Gasteiger partial charge is 0.0323 e. The van der Waals surface area contributed by atoms with E-state index in [1.807, 2.05) is 0 Å². The highest BCUT2D eigenvalue weighted by Crippen LogP contribution is 2.54. The standard InChI is InChI=1S/C19H38/c1-7-10-17(15(3)4)13-16(8-2)11-9-12-18-14-19(18,5)6/h15-18H,7-14H2,1-6H3. The van der Waals surface area contributed by atoms with E-state index in [1.54, 1.807) is 0 Å². The van der Waals surface area contributed by atoms with Crippen LogP contribution in [-0.4, -0.2) is 0 Å². The molecule has 0 spiro atoms. The van der Waals surface area contributed by atoms with Crippen LogP contribution in [0.25, 0.3) is 0 Å². The van der Waals surface area contributed by atoms with E-state index in [0.717, 1.165) is 23.7 Å². The van der Waals surface area contributed by atoms with Crippen LogP contribution in [0.15, 0.2) is 0 Å². The maximum atomic E-state index is 2.44. The summed E-state index contributed by atoms with van der Waals surface area (Å²) in [5.41, 5.74) is 0.685. The molecule has 1 rings (SSSR count). The van der Waals surface area contributed by atoms with Crippen molar-refractivity contribution in [3.8, 4) is 0 Å². The van der Waals surface area contributed by atoms with E-state index in [0.29, 0.717) is 5.41 Å². The Morgan fingerprint density at radius 3 is 2.16 bits per heavy atom. The summed E-state index contributed by atoms with van der Waals surface area (Å²) in [4.78, 5) is 0. The van der Waals surface area contributed by atoms with Crippen molar-refractivity contribution in [3.05, 3.63) is 0 Å². The number of hydrogen-bond donors (Lipinski definition) is 0. The quantitative estimate of drug-likeness (QED) is 0.413. The maximum Gasteiger partial charge on any atom is -0.0323 e. The van der Waals surface area contributed by atoms with Crippen LogP contribution in [0.1, 0.15) is 92.9 Å². The third-order valence-electron chi connectivity index (χ3n) is 5.70. The Hall–Kier alpha value is 0. The molecule has 0 radical (unpaired) electrons. The van der Waals surface area contributed by atoms with Gasteiger partial charge in [0.2, 0.25) is 0 Å². The number of hydrogen-bond acceptors (Lipinski definition) is 0. The first kappa shape index (κ1) is 17.1. The summed E-state index contributed by atoms with van der Waals surface area (Å²) in [6.07, 6.45) is 11.6. The fourth-order valence-corrected chi connectivity index (χ4v) is 3.73. The van der Waals surface area contributed by atoms with Crippen molar-refractivity contribution < 1.29 is 0 Å². The molecule has 0 N–H and O–H groups in total. The molecule has 1 aliphatic rings. The predicted octanol–water partition coefficient (Wildman–Crippen LogP) is 6.69. The van der Waals surface area contributed by atoms with Gasteiger partial charge in [-0.15, -0.1) is 0 Å². The van der Waals surface area contributed by atoms with Gasteiger partial charge in [0.15, 0.2) is 0 Å². The normalized spacial score (nSPS) is 24.5. The van der Waals surface area contributed by atoms with E-state index in [1.165, 1.54) is 51.4 Å². The highest BCUT2D eigenvalue weighted by atomic mass is 14.5. The molecular weight excluding hydrogens is 228 g/mol. The van der Waals surface area contributed by atoms with Crippen molar-refractivity contribution in [2.45, 2.75) is 92.9 Å². The molecule has 3 atom stereocenters. The lowest BCUT2D eigenvalue weighted by molar-refractivity contribution is 0.259. The van der Waals surface area contributed by atoms with Crippen molar-refractivity contribution in [2.75, 3.05) is 0 Å². The van der Waals surface area contributed by atoms with E-state index in [2.05, 4.69) is 41.5 Å². The van der Waals surface area contributed by atoms with E-state index < -0.39 is 0 Å². The average Bonchev–Trinajstić information content (AvgIpc) is 2.94. The van der Waals surface area contributed by atoms with Crippen LogP contribution in [0.3, 0.4) is 0 Å². The summed E-state index contributed by atoms with van der Waals surface area (Å²) in [7, 11) is 0. The molecule has 1 fully saturated rings. The van der Waals surface area contributed by atoms with E-state index in [9.17, 15) is 0 Å². The summed E-state index contributed by atoms with van der Waals surface area (Å²) in [6, 6.07) is 0. The molecule has 3 unspecified atom stereocenters. The van der Waals surface area contributed by atoms with Gasteiger partial charge in [-0.25, -0.2) is 0 Å². The predicted molar refractivity (Wildman–Crippen MR) is 87.4 cm³/mol. The minimum Gasteiger partial charge on any atom is -0.0654 e. The molecule has 0 aromatic heterocycles. The van der Waals surface area contributed by atoms with Crippen molar-refractivity contribution in [1.29, 1.82) is 0 Å². The Balaban J connectivity index is 2.24. The van der Waals surface area contributed by atoms with Crippen LogP contribution in [0.5, 0.6) is 0 Å². The second-order valence-corrected chi connectivity index (χ2v) is 8.12. The molecule has 0 aliphatic heterocycles. The molecular formula is C19H38. The Morgan fingerprint density at radius 1 is 1.11 bits per heavy atom. The van der Waals surface area contributed by atoms with Crippen molar-refractivity contribution in [3.63, 3.8) is 0 Å². The van der Waals surface area contributed by atoms with Crippen LogP contribution in [0, 0.1) is 29.1 Å². The SMILES string of the molecule is CCCC(CC(CC)CCCC1CC1(C)C)C(C)C. The van der Waals surface area contributed by atoms with Gasteiger partial charge in [-0.2, -0.15) is 0 Å². The van der Waals surface area contributed by atoms with Gasteiger partial charge in [0.25, 0.3) is 0 Å². The lowest BCUT2D eigenvalue weighted by atomic mass is 9.80. The Kier molecular flexibility index (Phi) is 6.91. The van der Waals surface area contributed by atoms with Gasteiger partial charge in [0.1, 0.15) is 0 Å². The maximum absolute atomic E-state index is 2.44. The van der Waals surface area contributed by atoms with Crippen LogP contribution in [-0.2, 0) is 0 Å². The molecule has 19 heavy (non-hydrogen) atoms. The molecule has 0 aromatic rings. The average molecular weight is 267 g/mol. The van der Waals surface area contributed by atoms with E-state index in [-0.39, 0.29) is 0 Å². The van der Waals surface area contributed by atoms with Gasteiger partial charge in [-0.3, -0.25) is 0 Å². The minimum absolute atomic E-state index is 0.685. The van der Waals surface area contributed by atoms with Crippen molar-refractivity contribution in [2.24, 2.45) is 29.1 Å². The summed E-state index contributed by atoms with van der Waals surface area (Å²) in [6.45, 7) is 14.4. The highest BCUT2D eigenvalue weighted by Gasteiger charge is 2.44. The summed E-state index contributed by atoms with van der Waals surface area (Å²) < 4.78 is 0. The van der Waals surface area contributed by atoms with E-state index >= 15 is 0 Å². The molecule has 0 aromatic carbocycles. The van der Waals surface area contributed by atoms with Gasteiger partial charge in [0.05, 0.1) is 0 Å². The number of rotatable bonds is 10. The second-order valence-electron chi connectivity index (χ2n) is 8.12. The zero-order valence-electron chi connectivity index (χ0n) is 14.5. The Morgan fingerprint density at radius 2 is 1.74 bits per heavy atom. The van der Waals surface area contributed by atoms with Crippen LogP contribution in [0.2, 0.25) is 0 Å². The third-order valence-corrected chi connectivity index (χ3v) is 5.70. The first-order valence-electron chi connectivity index (χ1n) is 8.90. The topological polar surface area (TPSA) is 0 Å². The van der Waals surface area contributed by atoms with Gasteiger partial charge in [-0.1, -0.05) is 73.6 Å². The monoisotopic (exact) mass is 266 g/mol. The molecule has 114 valence electrons. The fraction of sp³-hybridized carbons (Fsp3) is 1.00. The van der Waals surface area contributed by atoms with Crippen LogP contribution in [0.4, 0.5) is 0 Å². The van der Waals surface area contributed by atoms with Gasteiger partial charge < -0.3 is 0 Å². The van der Waals surface area contributed by atoms with Crippen molar-refractivity contribution in [1.82, 2.24) is 0 Å². The molecule has 0 heterocycles.